The molecule has 0 aliphatic heterocycles. The van der Waals surface area contributed by atoms with Crippen molar-refractivity contribution < 1.29 is 22.0 Å². The van der Waals surface area contributed by atoms with Gasteiger partial charge in [0.25, 0.3) is 0 Å². The van der Waals surface area contributed by atoms with Gasteiger partial charge in [-0.3, -0.25) is 0 Å². The van der Waals surface area contributed by atoms with Crippen molar-refractivity contribution in [1.29, 1.82) is 0 Å². The minimum atomic E-state index is -4.55. The highest BCUT2D eigenvalue weighted by atomic mass is 79.9. The second kappa shape index (κ2) is 4.58. The Morgan fingerprint density at radius 2 is 1.60 bits per heavy atom. The van der Waals surface area contributed by atoms with Crippen molar-refractivity contribution in [3.63, 3.8) is 0 Å². The Balaban J connectivity index is 3.21. The molecular weight excluding hydrogens is 371 g/mol. The summed E-state index contributed by atoms with van der Waals surface area (Å²) in [5.74, 6) is -2.58. The van der Waals surface area contributed by atoms with Crippen LogP contribution in [0.5, 0.6) is 0 Å². The van der Waals surface area contributed by atoms with Gasteiger partial charge in [0.15, 0.2) is 11.6 Å². The van der Waals surface area contributed by atoms with E-state index >= 15 is 0 Å². The van der Waals surface area contributed by atoms with Gasteiger partial charge in [-0.1, -0.05) is 0 Å². The lowest BCUT2D eigenvalue weighted by Crippen LogP contribution is -2.01. The fraction of sp³-hybridized carbons (Fsp3) is 0.143. The van der Waals surface area contributed by atoms with Crippen LogP contribution in [0.25, 0.3) is 0 Å². The first-order valence-electron chi connectivity index (χ1n) is 3.31. The van der Waals surface area contributed by atoms with E-state index in [-0.39, 0.29) is 4.47 Å². The van der Waals surface area contributed by atoms with Gasteiger partial charge in [-0.25, -0.2) is 8.78 Å². The van der Waals surface area contributed by atoms with Gasteiger partial charge >= 0.3 is 5.51 Å². The molecule has 0 heterocycles. The molecule has 0 radical (unpaired) electrons. The van der Waals surface area contributed by atoms with Crippen molar-refractivity contribution in [2.24, 2.45) is 0 Å². The molecule has 0 bridgehead atoms. The van der Waals surface area contributed by atoms with Crippen LogP contribution in [0, 0.1) is 11.6 Å². The molecule has 1 aromatic rings. The van der Waals surface area contributed by atoms with Crippen LogP contribution in [-0.4, -0.2) is 5.51 Å². The number of alkyl halides is 3. The van der Waals surface area contributed by atoms with Crippen LogP contribution in [0.1, 0.15) is 0 Å². The molecule has 0 saturated carbocycles. The third kappa shape index (κ3) is 3.32. The van der Waals surface area contributed by atoms with E-state index in [2.05, 4.69) is 31.9 Å². The zero-order chi connectivity index (χ0) is 11.8. The van der Waals surface area contributed by atoms with E-state index < -0.39 is 38.3 Å². The summed E-state index contributed by atoms with van der Waals surface area (Å²) in [5.41, 5.74) is -4.55. The Hall–Kier alpha value is 0.180. The summed E-state index contributed by atoms with van der Waals surface area (Å²) >= 11 is 4.66. The maximum Gasteiger partial charge on any atom is 0.446 e. The van der Waals surface area contributed by atoms with Crippen molar-refractivity contribution in [2.45, 2.75) is 10.4 Å². The lowest BCUT2D eigenvalue weighted by Gasteiger charge is -2.09. The number of hydrogen-bond donors (Lipinski definition) is 0. The van der Waals surface area contributed by atoms with Gasteiger partial charge in [-0.05, 0) is 49.7 Å². The summed E-state index contributed by atoms with van der Waals surface area (Å²) < 4.78 is 61.0. The van der Waals surface area contributed by atoms with Crippen LogP contribution in [0.3, 0.4) is 0 Å². The van der Waals surface area contributed by atoms with Crippen molar-refractivity contribution in [3.05, 3.63) is 26.6 Å². The molecule has 0 N–H and O–H groups in total. The quantitative estimate of drug-likeness (QED) is 0.286. The summed E-state index contributed by atoms with van der Waals surface area (Å²) in [5, 5.41) is 0. The van der Waals surface area contributed by atoms with Gasteiger partial charge in [-0.2, -0.15) is 13.2 Å². The standard InChI is InChI=1S/C7HBr2F5S/c8-2-1-3(15-7(12,13)14)4(9)6(11)5(2)10/h1H. The van der Waals surface area contributed by atoms with Crippen LogP contribution < -0.4 is 0 Å². The van der Waals surface area contributed by atoms with Crippen molar-refractivity contribution in [3.8, 4) is 0 Å². The van der Waals surface area contributed by atoms with Gasteiger partial charge < -0.3 is 0 Å². The molecule has 0 aliphatic carbocycles. The molecular formula is C7HBr2F5S. The first-order chi connectivity index (χ1) is 6.72. The summed E-state index contributed by atoms with van der Waals surface area (Å²) in [6, 6.07) is 0.862. The number of thioether (sulfide) groups is 1. The topological polar surface area (TPSA) is 0 Å². The molecule has 15 heavy (non-hydrogen) atoms. The average molecular weight is 372 g/mol. The molecule has 84 valence electrons. The minimum Gasteiger partial charge on any atom is -0.202 e. The van der Waals surface area contributed by atoms with Gasteiger partial charge in [-0.15, -0.1) is 0 Å². The van der Waals surface area contributed by atoms with E-state index in [0.717, 1.165) is 6.07 Å². The third-order valence-corrected chi connectivity index (χ3v) is 3.68. The highest BCUT2D eigenvalue weighted by molar-refractivity contribution is 9.11. The van der Waals surface area contributed by atoms with Crippen molar-refractivity contribution in [2.75, 3.05) is 0 Å². The Morgan fingerprint density at radius 1 is 1.07 bits per heavy atom. The van der Waals surface area contributed by atoms with Crippen molar-refractivity contribution >= 4 is 43.6 Å². The maximum absolute atomic E-state index is 13.0. The van der Waals surface area contributed by atoms with E-state index in [1.165, 1.54) is 0 Å². The lowest BCUT2D eigenvalue weighted by molar-refractivity contribution is -0.0328. The van der Waals surface area contributed by atoms with Gasteiger partial charge in [0.2, 0.25) is 0 Å². The predicted octanol–water partition coefficient (Wildman–Crippen LogP) is 5.10. The molecule has 8 heteroatoms. The molecule has 0 saturated heterocycles. The van der Waals surface area contributed by atoms with E-state index in [1.54, 1.807) is 0 Å². The second-order valence-corrected chi connectivity index (χ2v) is 5.10. The molecule has 0 fully saturated rings. The maximum atomic E-state index is 13.0. The summed E-state index contributed by atoms with van der Waals surface area (Å²) in [7, 11) is 0. The normalized spacial score (nSPS) is 11.9. The molecule has 1 rings (SSSR count). The van der Waals surface area contributed by atoms with Crippen LogP contribution in [0.2, 0.25) is 0 Å². The smallest absolute Gasteiger partial charge is 0.202 e. The Kier molecular flexibility index (Phi) is 4.05. The first-order valence-corrected chi connectivity index (χ1v) is 5.71. The number of halogens is 7. The van der Waals surface area contributed by atoms with Crippen molar-refractivity contribution in [1.82, 2.24) is 0 Å². The summed E-state index contributed by atoms with van der Waals surface area (Å²) in [6.07, 6.45) is 0. The number of benzene rings is 1. The lowest BCUT2D eigenvalue weighted by atomic mass is 10.3. The zero-order valence-electron chi connectivity index (χ0n) is 6.63. The van der Waals surface area contributed by atoms with E-state index in [9.17, 15) is 22.0 Å². The predicted molar refractivity (Wildman–Crippen MR) is 53.7 cm³/mol. The fourth-order valence-corrected chi connectivity index (χ4v) is 2.44. The minimum absolute atomic E-state index is 0.352. The highest BCUT2D eigenvalue weighted by Gasteiger charge is 2.31. The monoisotopic (exact) mass is 370 g/mol. The summed E-state index contributed by atoms with van der Waals surface area (Å²) in [4.78, 5) is -0.437. The van der Waals surface area contributed by atoms with Crippen LogP contribution >= 0.6 is 43.6 Å². The molecule has 1 aromatic carbocycles. The Labute approximate surface area is 102 Å². The van der Waals surface area contributed by atoms with Gasteiger partial charge in [0, 0.05) is 4.90 Å². The molecule has 0 aliphatic rings. The molecule has 0 unspecified atom stereocenters. The highest BCUT2D eigenvalue weighted by Crippen LogP contribution is 2.43. The third-order valence-electron chi connectivity index (χ3n) is 1.29. The molecule has 0 atom stereocenters. The number of rotatable bonds is 1. The Morgan fingerprint density at radius 3 is 2.07 bits per heavy atom. The SMILES string of the molecule is Fc1c(Br)cc(SC(F)(F)F)c(Br)c1F. The molecule has 0 spiro atoms. The Bertz CT molecular complexity index is 390. The largest absolute Gasteiger partial charge is 0.446 e. The van der Waals surface area contributed by atoms with Gasteiger partial charge in [0.05, 0.1) is 8.95 Å². The summed E-state index contributed by atoms with van der Waals surface area (Å²) in [6.45, 7) is 0. The molecule has 0 amide bonds. The van der Waals surface area contributed by atoms with Gasteiger partial charge in [0.1, 0.15) is 0 Å². The van der Waals surface area contributed by atoms with E-state index in [4.69, 9.17) is 0 Å². The zero-order valence-corrected chi connectivity index (χ0v) is 10.6. The van der Waals surface area contributed by atoms with E-state index in [0.29, 0.717) is 0 Å². The second-order valence-electron chi connectivity index (χ2n) is 2.35. The molecule has 0 nitrogen and oxygen atoms in total. The number of hydrogen-bond acceptors (Lipinski definition) is 1. The first kappa shape index (κ1) is 13.2. The average Bonchev–Trinajstić information content (AvgIpc) is 2.08. The van der Waals surface area contributed by atoms with Crippen LogP contribution in [-0.2, 0) is 0 Å². The van der Waals surface area contributed by atoms with E-state index in [1.807, 2.05) is 0 Å². The van der Waals surface area contributed by atoms with Crippen LogP contribution in [0.15, 0.2) is 19.9 Å². The van der Waals surface area contributed by atoms with Crippen LogP contribution in [0.4, 0.5) is 22.0 Å². The fourth-order valence-electron chi connectivity index (χ4n) is 0.750. The molecule has 0 aromatic heterocycles.